The lowest BCUT2D eigenvalue weighted by molar-refractivity contribution is -0.124. The highest BCUT2D eigenvalue weighted by Crippen LogP contribution is 2.36. The molecule has 13 heteroatoms. The van der Waals surface area contributed by atoms with Crippen LogP contribution in [0.3, 0.4) is 0 Å². The highest BCUT2D eigenvalue weighted by molar-refractivity contribution is 6.35. The third-order valence-electron chi connectivity index (χ3n) is 12.0. The minimum absolute atomic E-state index is 0. The molecule has 6 heterocycles. The number of amides is 2. The number of anilines is 2. The molecule has 2 saturated heterocycles. The Balaban J connectivity index is 0.000000250. The van der Waals surface area contributed by atoms with Crippen LogP contribution < -0.4 is 16.0 Å². The summed E-state index contributed by atoms with van der Waals surface area (Å²) >= 11 is 0. The first-order valence-electron chi connectivity index (χ1n) is 20.1. The number of hydrogen-bond acceptors (Lipinski definition) is 6. The number of aromatic amines is 2. The number of carbonyl (C=O) groups is 4. The van der Waals surface area contributed by atoms with E-state index in [1.807, 2.05) is 27.7 Å². The first kappa shape index (κ1) is 48.1. The standard InChI is InChI=1S/C23H26FN3O2.C22H24FN3O2.CH3F.2CH4/c1-13-17(12-22(28)15-6-8-27(3)9-7-15)14(2)25-21(13)11-19-18-10-16(24)4-5-20(18)26-23(19)29;1-12-16(11-21(27)14-5-7-24-8-6-14)13(2)25-20(12)10-18-17-9-15(23)3-4-19(17)26-22(18)28;1-2;;/h4-5,10-11,15,25H,6-9,12H2,1-3H3,(H,26,29);3-4,9-10,14,24-25H,5-8,11H2,1-2H3,(H,26,28);1H3;2*1H4/b19-11-;18-10-;;;. The summed E-state index contributed by atoms with van der Waals surface area (Å²) in [5, 5.41) is 8.82. The normalized spacial score (nSPS) is 17.5. The summed E-state index contributed by atoms with van der Waals surface area (Å²) in [6.45, 7) is 11.5. The van der Waals surface area contributed by atoms with E-state index in [4.69, 9.17) is 0 Å². The van der Waals surface area contributed by atoms with Crippen LogP contribution in [-0.2, 0) is 32.0 Å². The fourth-order valence-corrected chi connectivity index (χ4v) is 8.46. The Bertz CT molecular complexity index is 2330. The van der Waals surface area contributed by atoms with Gasteiger partial charge in [0.25, 0.3) is 11.8 Å². The molecule has 0 radical (unpaired) electrons. The molecule has 0 spiro atoms. The SMILES string of the molecule is C.C.CF.Cc1[nH]c(/C=C2\C(=O)Nc3ccc(F)cc32)c(C)c1CC(=O)C1CCN(C)CC1.Cc1[nH]c(/C=C2\C(=O)Nc3ccc(F)cc32)c(C)c1CC(=O)C1CCNCC1. The molecular weight excluding hydrogens is 782 g/mol. The van der Waals surface area contributed by atoms with Crippen LogP contribution in [0.5, 0.6) is 0 Å². The molecule has 2 aromatic heterocycles. The quantitative estimate of drug-likeness (QED) is 0.112. The number of Topliss-reactive ketones (excluding diaryl/α,β-unsaturated/α-hetero) is 2. The Morgan fingerprint density at radius 1 is 0.672 bits per heavy atom. The fourth-order valence-electron chi connectivity index (χ4n) is 8.46. The number of halogens is 3. The smallest absolute Gasteiger partial charge is 0.256 e. The van der Waals surface area contributed by atoms with Crippen molar-refractivity contribution in [3.8, 4) is 0 Å². The number of ketones is 2. The van der Waals surface area contributed by atoms with Crippen molar-refractivity contribution in [2.75, 3.05) is 51.0 Å². The molecule has 2 fully saturated rings. The Labute approximate surface area is 357 Å². The summed E-state index contributed by atoms with van der Waals surface area (Å²) in [4.78, 5) is 59.2. The maximum atomic E-state index is 13.7. The average molecular weight is 843 g/mol. The number of H-pyrrole nitrogens is 2. The largest absolute Gasteiger partial charge is 0.359 e. The van der Waals surface area contributed by atoms with Crippen LogP contribution in [-0.4, -0.2) is 78.7 Å². The zero-order valence-electron chi connectivity index (χ0n) is 34.6. The van der Waals surface area contributed by atoms with E-state index in [0.29, 0.717) is 53.7 Å². The first-order chi connectivity index (χ1) is 28.3. The number of carbonyl (C=O) groups excluding carboxylic acids is 4. The van der Waals surface area contributed by atoms with Crippen molar-refractivity contribution < 1.29 is 32.3 Å². The van der Waals surface area contributed by atoms with Crippen molar-refractivity contribution >= 4 is 58.1 Å². The lowest BCUT2D eigenvalue weighted by atomic mass is 9.88. The average Bonchev–Trinajstić information content (AvgIpc) is 3.89. The van der Waals surface area contributed by atoms with Gasteiger partial charge in [0.15, 0.2) is 0 Å². The van der Waals surface area contributed by atoms with Gasteiger partial charge in [-0.25, -0.2) is 8.78 Å². The minimum atomic E-state index is -0.381. The van der Waals surface area contributed by atoms with Gasteiger partial charge in [0.2, 0.25) is 0 Å². The van der Waals surface area contributed by atoms with Crippen molar-refractivity contribution in [3.05, 3.63) is 104 Å². The molecule has 2 aromatic carbocycles. The fraction of sp³-hybridized carbons (Fsp3) is 0.417. The Hall–Kier alpha value is -5.53. The predicted octanol–water partition coefficient (Wildman–Crippen LogP) is 8.95. The van der Waals surface area contributed by atoms with Crippen molar-refractivity contribution in [2.45, 2.75) is 81.1 Å². The molecular formula is C48H61F3N6O4. The van der Waals surface area contributed by atoms with Crippen LogP contribution in [0.2, 0.25) is 0 Å². The van der Waals surface area contributed by atoms with Gasteiger partial charge in [-0.2, -0.15) is 0 Å². The van der Waals surface area contributed by atoms with Gasteiger partial charge in [0.1, 0.15) is 23.2 Å². The van der Waals surface area contributed by atoms with Crippen LogP contribution in [0.4, 0.5) is 24.5 Å². The van der Waals surface area contributed by atoms with E-state index in [9.17, 15) is 32.3 Å². The van der Waals surface area contributed by atoms with E-state index in [1.165, 1.54) is 24.3 Å². The van der Waals surface area contributed by atoms with Crippen molar-refractivity contribution in [3.63, 3.8) is 0 Å². The number of likely N-dealkylation sites (tertiary alicyclic amines) is 1. The number of aromatic nitrogens is 2. The number of aryl methyl sites for hydroxylation is 2. The molecule has 8 rings (SSSR count). The van der Waals surface area contributed by atoms with Gasteiger partial charge in [0.05, 0.1) is 18.3 Å². The summed E-state index contributed by atoms with van der Waals surface area (Å²) in [5.41, 5.74) is 10.6. The Kier molecular flexibility index (Phi) is 16.4. The molecule has 0 bridgehead atoms. The molecule has 328 valence electrons. The summed E-state index contributed by atoms with van der Waals surface area (Å²) < 4.78 is 36.8. The van der Waals surface area contributed by atoms with E-state index in [-0.39, 0.29) is 61.7 Å². The molecule has 61 heavy (non-hydrogen) atoms. The number of nitrogens with zero attached hydrogens (tertiary/aromatic N) is 1. The van der Waals surface area contributed by atoms with Gasteiger partial charge in [-0.3, -0.25) is 23.6 Å². The van der Waals surface area contributed by atoms with E-state index in [2.05, 4.69) is 37.9 Å². The molecule has 2 amide bonds. The second-order valence-electron chi connectivity index (χ2n) is 15.8. The summed E-state index contributed by atoms with van der Waals surface area (Å²) in [6.07, 6.45) is 7.92. The Morgan fingerprint density at radius 3 is 1.48 bits per heavy atom. The number of alkyl halides is 1. The van der Waals surface area contributed by atoms with Gasteiger partial charge in [0, 0.05) is 70.0 Å². The maximum absolute atomic E-state index is 13.7. The topological polar surface area (TPSA) is 139 Å². The highest BCUT2D eigenvalue weighted by atomic mass is 19.1. The van der Waals surface area contributed by atoms with E-state index in [0.717, 1.165) is 96.9 Å². The summed E-state index contributed by atoms with van der Waals surface area (Å²) in [5.74, 6) is -0.459. The van der Waals surface area contributed by atoms with Crippen molar-refractivity contribution in [2.24, 2.45) is 11.8 Å². The monoisotopic (exact) mass is 842 g/mol. The maximum Gasteiger partial charge on any atom is 0.256 e. The summed E-state index contributed by atoms with van der Waals surface area (Å²) in [7, 11) is 2.59. The molecule has 0 atom stereocenters. The predicted molar refractivity (Wildman–Crippen MR) is 240 cm³/mol. The van der Waals surface area contributed by atoms with Crippen LogP contribution in [0.1, 0.15) is 96.7 Å². The molecule has 4 aromatic rings. The third kappa shape index (κ3) is 10.7. The molecule has 4 aliphatic heterocycles. The first-order valence-corrected chi connectivity index (χ1v) is 20.1. The zero-order chi connectivity index (χ0) is 42.5. The second-order valence-corrected chi connectivity index (χ2v) is 15.8. The second kappa shape index (κ2) is 20.8. The van der Waals surface area contributed by atoms with Crippen LogP contribution in [0, 0.1) is 51.2 Å². The summed E-state index contributed by atoms with van der Waals surface area (Å²) in [6, 6.07) is 8.54. The van der Waals surface area contributed by atoms with Crippen molar-refractivity contribution in [1.82, 2.24) is 20.2 Å². The van der Waals surface area contributed by atoms with Crippen LogP contribution >= 0.6 is 0 Å². The molecule has 4 aliphatic rings. The number of benzene rings is 2. The number of piperidine rings is 2. The number of hydrogen-bond donors (Lipinski definition) is 5. The zero-order valence-corrected chi connectivity index (χ0v) is 34.6. The number of nitrogens with one attached hydrogen (secondary N) is 5. The lowest BCUT2D eigenvalue weighted by Crippen LogP contribution is -2.34. The third-order valence-corrected chi connectivity index (χ3v) is 12.0. The van der Waals surface area contributed by atoms with E-state index >= 15 is 0 Å². The molecule has 5 N–H and O–H groups in total. The molecule has 0 aliphatic carbocycles. The highest BCUT2D eigenvalue weighted by Gasteiger charge is 2.29. The van der Waals surface area contributed by atoms with Gasteiger partial charge in [-0.05, 0) is 157 Å². The lowest BCUT2D eigenvalue weighted by Gasteiger charge is -2.28. The molecule has 0 saturated carbocycles. The number of rotatable bonds is 8. The van der Waals surface area contributed by atoms with Gasteiger partial charge < -0.3 is 30.8 Å². The molecule has 0 unspecified atom stereocenters. The van der Waals surface area contributed by atoms with E-state index < -0.39 is 0 Å². The van der Waals surface area contributed by atoms with Crippen LogP contribution in [0.25, 0.3) is 23.3 Å². The molecule has 10 nitrogen and oxygen atoms in total. The van der Waals surface area contributed by atoms with Gasteiger partial charge in [-0.15, -0.1) is 0 Å². The van der Waals surface area contributed by atoms with E-state index in [1.54, 1.807) is 24.3 Å². The van der Waals surface area contributed by atoms with Crippen LogP contribution in [0.15, 0.2) is 36.4 Å². The van der Waals surface area contributed by atoms with Gasteiger partial charge >= 0.3 is 0 Å². The van der Waals surface area contributed by atoms with Crippen molar-refractivity contribution in [1.29, 1.82) is 0 Å². The Morgan fingerprint density at radius 2 is 1.07 bits per heavy atom. The van der Waals surface area contributed by atoms with Gasteiger partial charge in [-0.1, -0.05) is 14.9 Å². The number of fused-ring (bicyclic) bond motifs is 2. The minimum Gasteiger partial charge on any atom is -0.359 e.